The number of hydrogen-bond donors (Lipinski definition) is 1. The standard InChI is InChI=1S/C15H18N2O/c1-15(2,3)16-14(18)12-6-8-13(9-7-12)17-10-4-5-11-17/h4-11H,1-3H3,(H,16,18). The lowest BCUT2D eigenvalue weighted by Crippen LogP contribution is -2.40. The molecule has 3 nitrogen and oxygen atoms in total. The van der Waals surface area contributed by atoms with Crippen molar-refractivity contribution in [1.29, 1.82) is 0 Å². The van der Waals surface area contributed by atoms with Gasteiger partial charge in [-0.2, -0.15) is 0 Å². The fourth-order valence-corrected chi connectivity index (χ4v) is 1.70. The van der Waals surface area contributed by atoms with Crippen LogP contribution in [-0.2, 0) is 0 Å². The predicted octanol–water partition coefficient (Wildman–Crippen LogP) is 3.01. The molecule has 0 saturated heterocycles. The molecule has 1 heterocycles. The minimum absolute atomic E-state index is 0.0402. The molecule has 0 radical (unpaired) electrons. The summed E-state index contributed by atoms with van der Waals surface area (Å²) in [5.74, 6) is -0.0402. The Hall–Kier alpha value is -2.03. The SMILES string of the molecule is CC(C)(C)NC(=O)c1ccc(-n2cccc2)cc1. The van der Waals surface area contributed by atoms with Gasteiger partial charge in [0.1, 0.15) is 0 Å². The van der Waals surface area contributed by atoms with Gasteiger partial charge in [0.15, 0.2) is 0 Å². The van der Waals surface area contributed by atoms with Crippen LogP contribution in [0.25, 0.3) is 5.69 Å². The van der Waals surface area contributed by atoms with E-state index in [9.17, 15) is 4.79 Å². The smallest absolute Gasteiger partial charge is 0.251 e. The normalized spacial score (nSPS) is 11.3. The second kappa shape index (κ2) is 4.69. The van der Waals surface area contributed by atoms with Gasteiger partial charge in [-0.15, -0.1) is 0 Å². The van der Waals surface area contributed by atoms with Crippen LogP contribution >= 0.6 is 0 Å². The lowest BCUT2D eigenvalue weighted by atomic mass is 10.1. The summed E-state index contributed by atoms with van der Waals surface area (Å²) in [7, 11) is 0. The number of benzene rings is 1. The molecule has 0 fully saturated rings. The van der Waals surface area contributed by atoms with Crippen LogP contribution in [0.3, 0.4) is 0 Å². The maximum Gasteiger partial charge on any atom is 0.251 e. The number of carbonyl (C=O) groups excluding carboxylic acids is 1. The van der Waals surface area contributed by atoms with Crippen LogP contribution in [0.5, 0.6) is 0 Å². The van der Waals surface area contributed by atoms with Gasteiger partial charge in [0.25, 0.3) is 5.91 Å². The van der Waals surface area contributed by atoms with E-state index in [1.165, 1.54) is 0 Å². The lowest BCUT2D eigenvalue weighted by Gasteiger charge is -2.20. The molecule has 0 aliphatic rings. The van der Waals surface area contributed by atoms with Crippen molar-refractivity contribution in [3.05, 3.63) is 54.4 Å². The topological polar surface area (TPSA) is 34.0 Å². The Bertz CT molecular complexity index is 519. The summed E-state index contributed by atoms with van der Waals surface area (Å²) in [5.41, 5.74) is 1.52. The molecule has 94 valence electrons. The fraction of sp³-hybridized carbons (Fsp3) is 0.267. The highest BCUT2D eigenvalue weighted by Gasteiger charge is 2.14. The van der Waals surface area contributed by atoms with Crippen LogP contribution in [0.4, 0.5) is 0 Å². The molecule has 0 atom stereocenters. The minimum Gasteiger partial charge on any atom is -0.347 e. The Labute approximate surface area is 107 Å². The highest BCUT2D eigenvalue weighted by molar-refractivity contribution is 5.94. The van der Waals surface area contributed by atoms with Gasteiger partial charge < -0.3 is 9.88 Å². The lowest BCUT2D eigenvalue weighted by molar-refractivity contribution is 0.0919. The number of nitrogens with one attached hydrogen (secondary N) is 1. The second-order valence-electron chi connectivity index (χ2n) is 5.34. The zero-order valence-corrected chi connectivity index (χ0v) is 11.0. The van der Waals surface area contributed by atoms with Gasteiger partial charge in [-0.05, 0) is 57.2 Å². The predicted molar refractivity (Wildman–Crippen MR) is 73.0 cm³/mol. The summed E-state index contributed by atoms with van der Waals surface area (Å²) in [6.07, 6.45) is 3.95. The van der Waals surface area contributed by atoms with Crippen LogP contribution in [0.2, 0.25) is 0 Å². The van der Waals surface area contributed by atoms with Gasteiger partial charge in [0.05, 0.1) is 0 Å². The zero-order valence-electron chi connectivity index (χ0n) is 11.0. The third-order valence-electron chi connectivity index (χ3n) is 2.52. The van der Waals surface area contributed by atoms with E-state index in [2.05, 4.69) is 5.32 Å². The van der Waals surface area contributed by atoms with Crippen LogP contribution in [0.15, 0.2) is 48.8 Å². The summed E-state index contributed by atoms with van der Waals surface area (Å²) in [6, 6.07) is 11.5. The molecule has 2 rings (SSSR count). The Morgan fingerprint density at radius 1 is 1.06 bits per heavy atom. The third-order valence-corrected chi connectivity index (χ3v) is 2.52. The molecule has 1 aromatic heterocycles. The van der Waals surface area contributed by atoms with Crippen LogP contribution in [0.1, 0.15) is 31.1 Å². The molecule has 1 N–H and O–H groups in total. The van der Waals surface area contributed by atoms with Crippen molar-refractivity contribution >= 4 is 5.91 Å². The van der Waals surface area contributed by atoms with Gasteiger partial charge in [0.2, 0.25) is 0 Å². The average molecular weight is 242 g/mol. The molecule has 0 bridgehead atoms. The Kier molecular flexibility index (Phi) is 3.24. The van der Waals surface area contributed by atoms with E-state index in [0.717, 1.165) is 5.69 Å². The van der Waals surface area contributed by atoms with Crippen molar-refractivity contribution < 1.29 is 4.79 Å². The zero-order chi connectivity index (χ0) is 13.2. The maximum atomic E-state index is 11.9. The number of hydrogen-bond acceptors (Lipinski definition) is 1. The van der Waals surface area contributed by atoms with Crippen molar-refractivity contribution in [3.63, 3.8) is 0 Å². The average Bonchev–Trinajstić information content (AvgIpc) is 2.80. The number of amides is 1. The van der Waals surface area contributed by atoms with Crippen molar-refractivity contribution in [2.45, 2.75) is 26.3 Å². The third kappa shape index (κ3) is 3.00. The van der Waals surface area contributed by atoms with Gasteiger partial charge in [-0.1, -0.05) is 0 Å². The second-order valence-corrected chi connectivity index (χ2v) is 5.34. The summed E-state index contributed by atoms with van der Waals surface area (Å²) in [6.45, 7) is 5.91. The first-order chi connectivity index (χ1) is 8.46. The van der Waals surface area contributed by atoms with Crippen molar-refractivity contribution in [2.24, 2.45) is 0 Å². The van der Waals surface area contributed by atoms with Crippen molar-refractivity contribution in [3.8, 4) is 5.69 Å². The fourth-order valence-electron chi connectivity index (χ4n) is 1.70. The first kappa shape index (κ1) is 12.4. The minimum atomic E-state index is -0.212. The number of rotatable bonds is 2. The summed E-state index contributed by atoms with van der Waals surface area (Å²) in [4.78, 5) is 11.9. The number of aromatic nitrogens is 1. The highest BCUT2D eigenvalue weighted by atomic mass is 16.1. The molecule has 1 aromatic carbocycles. The Balaban J connectivity index is 2.15. The molecular weight excluding hydrogens is 224 g/mol. The molecule has 18 heavy (non-hydrogen) atoms. The molecule has 0 aliphatic heterocycles. The van der Waals surface area contributed by atoms with E-state index in [4.69, 9.17) is 0 Å². The van der Waals surface area contributed by atoms with Crippen LogP contribution < -0.4 is 5.32 Å². The van der Waals surface area contributed by atoms with E-state index in [0.29, 0.717) is 5.56 Å². The van der Waals surface area contributed by atoms with Crippen LogP contribution in [-0.4, -0.2) is 16.0 Å². The molecule has 0 aliphatic carbocycles. The molecule has 0 spiro atoms. The van der Waals surface area contributed by atoms with E-state index in [1.54, 1.807) is 0 Å². The first-order valence-electron chi connectivity index (χ1n) is 6.02. The summed E-state index contributed by atoms with van der Waals surface area (Å²) >= 11 is 0. The Morgan fingerprint density at radius 2 is 1.61 bits per heavy atom. The monoisotopic (exact) mass is 242 g/mol. The van der Waals surface area contributed by atoms with Gasteiger partial charge in [-0.25, -0.2) is 0 Å². The summed E-state index contributed by atoms with van der Waals surface area (Å²) in [5, 5.41) is 2.94. The van der Waals surface area contributed by atoms with Crippen molar-refractivity contribution in [2.75, 3.05) is 0 Å². The molecule has 2 aromatic rings. The van der Waals surface area contributed by atoms with Gasteiger partial charge >= 0.3 is 0 Å². The van der Waals surface area contributed by atoms with E-state index >= 15 is 0 Å². The summed E-state index contributed by atoms with van der Waals surface area (Å²) < 4.78 is 2.01. The molecule has 0 unspecified atom stereocenters. The van der Waals surface area contributed by atoms with E-state index < -0.39 is 0 Å². The Morgan fingerprint density at radius 3 is 2.11 bits per heavy atom. The molecule has 1 amide bonds. The van der Waals surface area contributed by atoms with Crippen LogP contribution in [0, 0.1) is 0 Å². The highest BCUT2D eigenvalue weighted by Crippen LogP contribution is 2.11. The maximum absolute atomic E-state index is 11.9. The molecule has 0 saturated carbocycles. The largest absolute Gasteiger partial charge is 0.347 e. The molecule has 3 heteroatoms. The van der Waals surface area contributed by atoms with Gasteiger partial charge in [0, 0.05) is 29.2 Å². The number of nitrogens with zero attached hydrogens (tertiary/aromatic N) is 1. The van der Waals surface area contributed by atoms with E-state index in [-0.39, 0.29) is 11.4 Å². The number of carbonyl (C=O) groups is 1. The van der Waals surface area contributed by atoms with Gasteiger partial charge in [-0.3, -0.25) is 4.79 Å². The molecular formula is C15H18N2O. The first-order valence-corrected chi connectivity index (χ1v) is 6.02. The quantitative estimate of drug-likeness (QED) is 0.863. The van der Waals surface area contributed by atoms with Crippen molar-refractivity contribution in [1.82, 2.24) is 9.88 Å². The van der Waals surface area contributed by atoms with E-state index in [1.807, 2.05) is 74.1 Å².